The molecule has 0 spiro atoms. The molecule has 4 rings (SSSR count). The van der Waals surface area contributed by atoms with Gasteiger partial charge in [0.2, 0.25) is 17.5 Å². The smallest absolute Gasteiger partial charge is 0.355 e. The second-order valence-electron chi connectivity index (χ2n) is 7.26. The van der Waals surface area contributed by atoms with Crippen molar-refractivity contribution in [2.75, 3.05) is 4.90 Å². The molecule has 2 aliphatic heterocycles. The number of anilines is 1. The van der Waals surface area contributed by atoms with E-state index in [1.807, 2.05) is 26.0 Å². The van der Waals surface area contributed by atoms with Gasteiger partial charge in [-0.25, -0.2) is 9.79 Å². The SMILES string of the molecule is CC(C)C1=N[C@@](c2ccccc2)([C@@H]2CC(=O)N(c3ccccc3)C2=O)OC1=O. The number of rotatable bonds is 4. The van der Waals surface area contributed by atoms with Crippen LogP contribution in [0.15, 0.2) is 65.7 Å². The van der Waals surface area contributed by atoms with E-state index >= 15 is 0 Å². The lowest BCUT2D eigenvalue weighted by Gasteiger charge is -2.30. The van der Waals surface area contributed by atoms with Crippen molar-refractivity contribution in [3.05, 3.63) is 66.2 Å². The molecule has 2 aliphatic rings. The summed E-state index contributed by atoms with van der Waals surface area (Å²) in [5.74, 6) is -2.36. The molecule has 0 bridgehead atoms. The number of cyclic esters (lactones) is 1. The number of hydrogen-bond acceptors (Lipinski definition) is 5. The van der Waals surface area contributed by atoms with Crippen LogP contribution in [-0.4, -0.2) is 23.5 Å². The topological polar surface area (TPSA) is 76.0 Å². The minimum Gasteiger partial charge on any atom is -0.427 e. The molecule has 28 heavy (non-hydrogen) atoms. The van der Waals surface area contributed by atoms with Crippen molar-refractivity contribution in [2.24, 2.45) is 16.8 Å². The van der Waals surface area contributed by atoms with Crippen LogP contribution in [0.3, 0.4) is 0 Å². The van der Waals surface area contributed by atoms with Crippen LogP contribution in [0.1, 0.15) is 25.8 Å². The standard InChI is InChI=1S/C22H20N2O4/c1-14(2)19-21(27)28-22(23-19,15-9-5-3-6-10-15)17-13-18(25)24(20(17)26)16-11-7-4-8-12-16/h3-12,14,17H,13H2,1-2H3/t17-,22-/m1/s1. The van der Waals surface area contributed by atoms with Crippen molar-refractivity contribution in [2.45, 2.75) is 26.0 Å². The third-order valence-corrected chi connectivity index (χ3v) is 5.11. The van der Waals surface area contributed by atoms with Gasteiger partial charge in [0.05, 0.1) is 5.69 Å². The maximum atomic E-state index is 13.3. The fraction of sp³-hybridized carbons (Fsp3) is 0.273. The largest absolute Gasteiger partial charge is 0.427 e. The van der Waals surface area contributed by atoms with Crippen LogP contribution < -0.4 is 4.90 Å². The molecule has 2 amide bonds. The van der Waals surface area contributed by atoms with Crippen LogP contribution in [0.25, 0.3) is 0 Å². The lowest BCUT2D eigenvalue weighted by molar-refractivity contribution is -0.156. The van der Waals surface area contributed by atoms with Gasteiger partial charge in [-0.3, -0.25) is 14.5 Å². The molecule has 1 saturated heterocycles. The molecule has 1 fully saturated rings. The summed E-state index contributed by atoms with van der Waals surface area (Å²) in [7, 11) is 0. The van der Waals surface area contributed by atoms with E-state index in [0.717, 1.165) is 4.90 Å². The number of amides is 2. The van der Waals surface area contributed by atoms with Gasteiger partial charge < -0.3 is 4.74 Å². The second-order valence-corrected chi connectivity index (χ2v) is 7.26. The Morgan fingerprint density at radius 3 is 2.18 bits per heavy atom. The van der Waals surface area contributed by atoms with E-state index in [1.54, 1.807) is 48.5 Å². The van der Waals surface area contributed by atoms with Gasteiger partial charge >= 0.3 is 5.97 Å². The summed E-state index contributed by atoms with van der Waals surface area (Å²) in [5.41, 5.74) is -0.156. The van der Waals surface area contributed by atoms with Crippen LogP contribution in [0, 0.1) is 11.8 Å². The van der Waals surface area contributed by atoms with Gasteiger partial charge in [0.25, 0.3) is 0 Å². The number of ether oxygens (including phenoxy) is 1. The summed E-state index contributed by atoms with van der Waals surface area (Å²) in [6, 6.07) is 17.7. The van der Waals surface area contributed by atoms with Crippen molar-refractivity contribution in [3.63, 3.8) is 0 Å². The normalized spacial score (nSPS) is 24.7. The molecule has 0 saturated carbocycles. The number of hydrogen-bond donors (Lipinski definition) is 0. The molecule has 2 atom stereocenters. The molecule has 6 heteroatoms. The van der Waals surface area contributed by atoms with Gasteiger partial charge in [0, 0.05) is 17.9 Å². The first kappa shape index (κ1) is 18.1. The molecule has 0 radical (unpaired) electrons. The molecule has 142 valence electrons. The zero-order chi connectivity index (χ0) is 19.9. The summed E-state index contributed by atoms with van der Waals surface area (Å²) >= 11 is 0. The minimum absolute atomic E-state index is 0.0786. The molecular weight excluding hydrogens is 356 g/mol. The third kappa shape index (κ3) is 2.72. The quantitative estimate of drug-likeness (QED) is 0.607. The third-order valence-electron chi connectivity index (χ3n) is 5.11. The lowest BCUT2D eigenvalue weighted by atomic mass is 9.87. The van der Waals surface area contributed by atoms with Crippen LogP contribution in [-0.2, 0) is 24.8 Å². The highest BCUT2D eigenvalue weighted by Gasteiger charge is 2.58. The Kier molecular flexibility index (Phi) is 4.34. The Labute approximate surface area is 162 Å². The Morgan fingerprint density at radius 2 is 1.61 bits per heavy atom. The van der Waals surface area contributed by atoms with Crippen molar-refractivity contribution >= 4 is 29.2 Å². The number of esters is 1. The van der Waals surface area contributed by atoms with E-state index in [2.05, 4.69) is 4.99 Å². The van der Waals surface area contributed by atoms with Gasteiger partial charge in [0.1, 0.15) is 11.6 Å². The molecule has 0 N–H and O–H groups in total. The van der Waals surface area contributed by atoms with E-state index in [1.165, 1.54) is 0 Å². The molecule has 0 aliphatic carbocycles. The second kappa shape index (κ2) is 6.71. The number of nitrogens with zero attached hydrogens (tertiary/aromatic N) is 2. The molecule has 6 nitrogen and oxygen atoms in total. The van der Waals surface area contributed by atoms with E-state index in [0.29, 0.717) is 11.3 Å². The highest BCUT2D eigenvalue weighted by molar-refractivity contribution is 6.38. The molecule has 2 aromatic rings. The molecule has 0 aromatic heterocycles. The van der Waals surface area contributed by atoms with Gasteiger partial charge in [0.15, 0.2) is 0 Å². The highest BCUT2D eigenvalue weighted by atomic mass is 16.6. The van der Waals surface area contributed by atoms with Crippen molar-refractivity contribution in [3.8, 4) is 0 Å². The van der Waals surface area contributed by atoms with Crippen molar-refractivity contribution in [1.82, 2.24) is 0 Å². The summed E-state index contributed by atoms with van der Waals surface area (Å²) in [6.07, 6.45) is -0.0786. The minimum atomic E-state index is -1.52. The first-order valence-corrected chi connectivity index (χ1v) is 9.24. The first-order valence-electron chi connectivity index (χ1n) is 9.24. The number of benzene rings is 2. The Bertz CT molecular complexity index is 969. The predicted octanol–water partition coefficient (Wildman–Crippen LogP) is 3.07. The average Bonchev–Trinajstić information content (AvgIpc) is 3.21. The summed E-state index contributed by atoms with van der Waals surface area (Å²) < 4.78 is 5.75. The molecule has 2 heterocycles. The average molecular weight is 376 g/mol. The van der Waals surface area contributed by atoms with Crippen LogP contribution in [0.2, 0.25) is 0 Å². The highest BCUT2D eigenvalue weighted by Crippen LogP contribution is 2.46. The van der Waals surface area contributed by atoms with Crippen molar-refractivity contribution in [1.29, 1.82) is 0 Å². The monoisotopic (exact) mass is 376 g/mol. The van der Waals surface area contributed by atoms with E-state index in [4.69, 9.17) is 4.74 Å². The number of imide groups is 1. The van der Waals surface area contributed by atoms with Crippen LogP contribution in [0.5, 0.6) is 0 Å². The summed E-state index contributed by atoms with van der Waals surface area (Å²) in [4.78, 5) is 44.4. The fourth-order valence-electron chi connectivity index (χ4n) is 3.74. The van der Waals surface area contributed by atoms with E-state index < -0.39 is 23.5 Å². The Morgan fingerprint density at radius 1 is 1.00 bits per heavy atom. The number of carbonyl (C=O) groups is 3. The Balaban J connectivity index is 1.82. The van der Waals surface area contributed by atoms with E-state index in [-0.39, 0.29) is 24.0 Å². The molecular formula is C22H20N2O4. The fourth-order valence-corrected chi connectivity index (χ4v) is 3.74. The number of aliphatic imine (C=N–C) groups is 1. The van der Waals surface area contributed by atoms with Crippen molar-refractivity contribution < 1.29 is 19.1 Å². The zero-order valence-electron chi connectivity index (χ0n) is 15.7. The van der Waals surface area contributed by atoms with E-state index in [9.17, 15) is 14.4 Å². The van der Waals surface area contributed by atoms with Crippen LogP contribution >= 0.6 is 0 Å². The lowest BCUT2D eigenvalue weighted by Crippen LogP contribution is -2.40. The number of para-hydroxylation sites is 1. The predicted molar refractivity (Wildman–Crippen MR) is 104 cm³/mol. The molecule has 2 aromatic carbocycles. The Hall–Kier alpha value is -3.28. The maximum absolute atomic E-state index is 13.3. The first-order chi connectivity index (χ1) is 13.4. The zero-order valence-corrected chi connectivity index (χ0v) is 15.7. The number of carbonyl (C=O) groups excluding carboxylic acids is 3. The van der Waals surface area contributed by atoms with Crippen LogP contribution in [0.4, 0.5) is 5.69 Å². The van der Waals surface area contributed by atoms with Gasteiger partial charge in [-0.1, -0.05) is 62.4 Å². The van der Waals surface area contributed by atoms with Gasteiger partial charge in [-0.15, -0.1) is 0 Å². The van der Waals surface area contributed by atoms with Gasteiger partial charge in [-0.2, -0.15) is 0 Å². The van der Waals surface area contributed by atoms with Gasteiger partial charge in [-0.05, 0) is 12.1 Å². The summed E-state index contributed by atoms with van der Waals surface area (Å²) in [6.45, 7) is 3.69. The molecule has 0 unspecified atom stereocenters. The summed E-state index contributed by atoms with van der Waals surface area (Å²) in [5, 5.41) is 0. The maximum Gasteiger partial charge on any atom is 0.355 e.